The van der Waals surface area contributed by atoms with Gasteiger partial charge < -0.3 is 24.6 Å². The molecule has 2 fully saturated rings. The van der Waals surface area contributed by atoms with Gasteiger partial charge in [-0.1, -0.05) is 24.3 Å². The van der Waals surface area contributed by atoms with Gasteiger partial charge in [-0.2, -0.15) is 0 Å². The number of aliphatic hydroxyl groups is 1. The largest absolute Gasteiger partial charge is 0.390 e. The normalized spacial score (nSPS) is 29.8. The highest BCUT2D eigenvalue weighted by molar-refractivity contribution is 5.94. The topological polar surface area (TPSA) is 83.8 Å². The molecule has 170 valence electrons. The number of aliphatic hydroxyl groups excluding tert-OH is 1. The molecule has 5 rings (SSSR count). The van der Waals surface area contributed by atoms with Crippen LogP contribution in [0.2, 0.25) is 0 Å². The Labute approximate surface area is 188 Å². The van der Waals surface area contributed by atoms with E-state index in [1.807, 2.05) is 41.0 Å². The molecule has 0 saturated carbocycles. The lowest BCUT2D eigenvalue weighted by Gasteiger charge is -2.43. The van der Waals surface area contributed by atoms with Crippen LogP contribution in [-0.4, -0.2) is 58.4 Å². The average Bonchev–Trinajstić information content (AvgIpc) is 2.80. The number of aromatic nitrogens is 1. The van der Waals surface area contributed by atoms with E-state index in [1.165, 1.54) is 0 Å². The van der Waals surface area contributed by atoms with Crippen LogP contribution < -0.4 is 10.9 Å². The number of ether oxygens (including phenoxy) is 1. The number of piperidine rings is 1. The lowest BCUT2D eigenvalue weighted by molar-refractivity contribution is -0.153. The number of hydrogen-bond acceptors (Lipinski definition) is 5. The number of amides is 1. The molecule has 0 radical (unpaired) electrons. The van der Waals surface area contributed by atoms with E-state index in [9.17, 15) is 14.7 Å². The third-order valence-corrected chi connectivity index (χ3v) is 7.10. The molecule has 1 aromatic carbocycles. The fourth-order valence-corrected chi connectivity index (χ4v) is 5.56. The van der Waals surface area contributed by atoms with Crippen LogP contribution in [0.15, 0.2) is 53.3 Å². The Hall–Kier alpha value is -2.48. The van der Waals surface area contributed by atoms with Crippen molar-refractivity contribution in [2.24, 2.45) is 5.92 Å². The fraction of sp³-hybridized carbons (Fsp3) is 0.520. The van der Waals surface area contributed by atoms with Gasteiger partial charge in [-0.3, -0.25) is 9.59 Å². The van der Waals surface area contributed by atoms with Crippen LogP contribution in [0.4, 0.5) is 5.69 Å². The number of nitrogens with zero attached hydrogens (tertiary/aromatic N) is 2. The maximum atomic E-state index is 12.7. The van der Waals surface area contributed by atoms with E-state index < -0.39 is 12.2 Å². The molecule has 3 aliphatic rings. The van der Waals surface area contributed by atoms with Crippen LogP contribution in [0.3, 0.4) is 0 Å². The minimum Gasteiger partial charge on any atom is -0.390 e. The number of anilines is 1. The van der Waals surface area contributed by atoms with Gasteiger partial charge in [0.25, 0.3) is 11.5 Å². The fourth-order valence-electron chi connectivity index (χ4n) is 5.56. The highest BCUT2D eigenvalue weighted by Gasteiger charge is 2.37. The molecular weight excluding hydrogens is 406 g/mol. The van der Waals surface area contributed by atoms with E-state index in [-0.39, 0.29) is 17.6 Å². The first-order valence-corrected chi connectivity index (χ1v) is 11.7. The Morgan fingerprint density at radius 2 is 1.91 bits per heavy atom. The number of nitrogens with one attached hydrogen (secondary N) is 1. The van der Waals surface area contributed by atoms with E-state index in [0.29, 0.717) is 23.9 Å². The van der Waals surface area contributed by atoms with Gasteiger partial charge in [0, 0.05) is 49.5 Å². The molecule has 32 heavy (non-hydrogen) atoms. The quantitative estimate of drug-likeness (QED) is 0.749. The summed E-state index contributed by atoms with van der Waals surface area (Å²) in [5.74, 6) is 0.609. The zero-order chi connectivity index (χ0) is 22.1. The summed E-state index contributed by atoms with van der Waals surface area (Å²) < 4.78 is 8.01. The van der Waals surface area contributed by atoms with Gasteiger partial charge in [0.05, 0.1) is 12.2 Å². The first kappa shape index (κ1) is 21.4. The molecule has 7 heteroatoms. The zero-order valence-corrected chi connectivity index (χ0v) is 18.2. The van der Waals surface area contributed by atoms with Crippen molar-refractivity contribution < 1.29 is 14.6 Å². The first-order valence-electron chi connectivity index (χ1n) is 11.7. The van der Waals surface area contributed by atoms with Gasteiger partial charge in [-0.25, -0.2) is 0 Å². The summed E-state index contributed by atoms with van der Waals surface area (Å²) in [4.78, 5) is 27.4. The lowest BCUT2D eigenvalue weighted by atomic mass is 9.83. The molecule has 5 atom stereocenters. The van der Waals surface area contributed by atoms with Crippen molar-refractivity contribution in [2.75, 3.05) is 25.0 Å². The number of para-hydroxylation sites is 1. The highest BCUT2D eigenvalue weighted by Crippen LogP contribution is 2.35. The molecule has 2 aromatic rings. The summed E-state index contributed by atoms with van der Waals surface area (Å²) >= 11 is 0. The van der Waals surface area contributed by atoms with Crippen molar-refractivity contribution in [1.29, 1.82) is 0 Å². The Bertz CT molecular complexity index is 1010. The summed E-state index contributed by atoms with van der Waals surface area (Å²) in [6.07, 6.45) is 1.65. The Balaban J connectivity index is 1.17. The van der Waals surface area contributed by atoms with E-state index in [4.69, 9.17) is 4.74 Å². The predicted molar refractivity (Wildman–Crippen MR) is 122 cm³/mol. The Kier molecular flexibility index (Phi) is 6.13. The third kappa shape index (κ3) is 4.51. The number of hydrogen-bond donors (Lipinski definition) is 2. The highest BCUT2D eigenvalue weighted by atomic mass is 16.5. The van der Waals surface area contributed by atoms with Crippen molar-refractivity contribution in [3.05, 3.63) is 64.6 Å². The van der Waals surface area contributed by atoms with E-state index in [2.05, 4.69) is 16.3 Å². The summed E-state index contributed by atoms with van der Waals surface area (Å²) in [5, 5.41) is 13.2. The van der Waals surface area contributed by atoms with Crippen LogP contribution in [0.1, 0.15) is 37.3 Å². The summed E-state index contributed by atoms with van der Waals surface area (Å²) in [5.41, 5.74) is 1.97. The van der Waals surface area contributed by atoms with Crippen LogP contribution in [0.25, 0.3) is 0 Å². The summed E-state index contributed by atoms with van der Waals surface area (Å²) in [7, 11) is 0. The van der Waals surface area contributed by atoms with Crippen molar-refractivity contribution in [3.63, 3.8) is 0 Å². The van der Waals surface area contributed by atoms with E-state index in [1.54, 1.807) is 6.07 Å². The number of fused-ring (bicyclic) bond motifs is 4. The number of likely N-dealkylation sites (tertiary alicyclic amines) is 1. The van der Waals surface area contributed by atoms with Crippen LogP contribution >= 0.6 is 0 Å². The molecule has 7 nitrogen and oxygen atoms in total. The van der Waals surface area contributed by atoms with Crippen molar-refractivity contribution >= 4 is 11.6 Å². The lowest BCUT2D eigenvalue weighted by Crippen LogP contribution is -2.49. The molecule has 2 saturated heterocycles. The molecule has 5 unspecified atom stereocenters. The standard InChI is InChI=1S/C25H31N3O4/c29-22-10-9-20(32-24(22)25(31)26-19-5-2-1-3-6-19)11-12-27-14-17-13-18(16-27)21-7-4-8-23(30)28(21)15-17/h1-8,17-18,20,22,24,29H,9-16H2,(H,26,31). The van der Waals surface area contributed by atoms with Gasteiger partial charge in [-0.15, -0.1) is 0 Å². The number of rotatable bonds is 5. The van der Waals surface area contributed by atoms with Crippen LogP contribution in [0, 0.1) is 5.92 Å². The van der Waals surface area contributed by atoms with Crippen LogP contribution in [0.5, 0.6) is 0 Å². The van der Waals surface area contributed by atoms with Gasteiger partial charge in [0.15, 0.2) is 6.10 Å². The minimum atomic E-state index is -0.839. The SMILES string of the molecule is O=C(Nc1ccccc1)C1OC(CCN2CC3CC(C2)c2cccc(=O)n2C3)CCC1O. The Morgan fingerprint density at radius 3 is 2.75 bits per heavy atom. The molecule has 1 aromatic heterocycles. The van der Waals surface area contributed by atoms with E-state index >= 15 is 0 Å². The number of pyridine rings is 1. The average molecular weight is 438 g/mol. The van der Waals surface area contributed by atoms with Crippen molar-refractivity contribution in [1.82, 2.24) is 9.47 Å². The molecule has 4 heterocycles. The predicted octanol–water partition coefficient (Wildman–Crippen LogP) is 2.20. The third-order valence-electron chi connectivity index (χ3n) is 7.10. The van der Waals surface area contributed by atoms with Gasteiger partial charge in [-0.05, 0) is 49.8 Å². The molecule has 3 aliphatic heterocycles. The molecule has 0 spiro atoms. The maximum absolute atomic E-state index is 12.7. The number of carbonyl (C=O) groups is 1. The van der Waals surface area contributed by atoms with Crippen molar-refractivity contribution in [2.45, 2.75) is 56.5 Å². The zero-order valence-electron chi connectivity index (χ0n) is 18.2. The van der Waals surface area contributed by atoms with Crippen LogP contribution in [-0.2, 0) is 16.1 Å². The molecule has 2 bridgehead atoms. The maximum Gasteiger partial charge on any atom is 0.256 e. The first-order chi connectivity index (χ1) is 15.6. The monoisotopic (exact) mass is 437 g/mol. The molecule has 0 aliphatic carbocycles. The Morgan fingerprint density at radius 1 is 1.06 bits per heavy atom. The number of benzene rings is 1. The second-order valence-electron chi connectivity index (χ2n) is 9.43. The van der Waals surface area contributed by atoms with Gasteiger partial charge in [0.2, 0.25) is 0 Å². The molecular formula is C25H31N3O4. The smallest absolute Gasteiger partial charge is 0.256 e. The number of carbonyl (C=O) groups excluding carboxylic acids is 1. The second kappa shape index (κ2) is 9.17. The minimum absolute atomic E-state index is 0.0402. The molecule has 2 N–H and O–H groups in total. The van der Waals surface area contributed by atoms with Crippen molar-refractivity contribution in [3.8, 4) is 0 Å². The summed E-state index contributed by atoms with van der Waals surface area (Å²) in [6, 6.07) is 14.9. The summed E-state index contributed by atoms with van der Waals surface area (Å²) in [6.45, 7) is 3.64. The second-order valence-corrected chi connectivity index (χ2v) is 9.43. The van der Waals surface area contributed by atoms with Gasteiger partial charge in [0.1, 0.15) is 0 Å². The molecule has 1 amide bonds. The van der Waals surface area contributed by atoms with Gasteiger partial charge >= 0.3 is 0 Å². The van der Waals surface area contributed by atoms with E-state index in [0.717, 1.165) is 51.1 Å².